The van der Waals surface area contributed by atoms with E-state index in [0.29, 0.717) is 35.9 Å². The number of nitrogens with zero attached hydrogens (tertiary/aromatic N) is 4. The standard InChI is InChI=1S/C19H20N4O4/c1-3-15(19(24)25)23-21-18(20-22-23)14-9-10-16(17(11-14)26-2)27-12-13-7-5-4-6-8-13/h4-11,15H,3,12H2,1-2H3,(H,24,25). The Morgan fingerprint density at radius 2 is 1.96 bits per heavy atom. The van der Waals surface area contributed by atoms with Gasteiger partial charge >= 0.3 is 5.97 Å². The number of ether oxygens (including phenoxy) is 2. The number of carboxylic acids is 1. The summed E-state index contributed by atoms with van der Waals surface area (Å²) in [5, 5.41) is 21.2. The molecule has 0 bridgehead atoms. The van der Waals surface area contributed by atoms with E-state index in [4.69, 9.17) is 9.47 Å². The third kappa shape index (κ3) is 4.22. The molecular formula is C19H20N4O4. The molecule has 1 heterocycles. The summed E-state index contributed by atoms with van der Waals surface area (Å²) in [6.07, 6.45) is 0.362. The summed E-state index contributed by atoms with van der Waals surface area (Å²) in [5.41, 5.74) is 1.71. The van der Waals surface area contributed by atoms with Gasteiger partial charge in [-0.2, -0.15) is 0 Å². The number of methoxy groups -OCH3 is 1. The Morgan fingerprint density at radius 1 is 1.19 bits per heavy atom. The second kappa shape index (κ2) is 8.31. The van der Waals surface area contributed by atoms with Crippen molar-refractivity contribution < 1.29 is 19.4 Å². The normalized spacial score (nSPS) is 11.8. The van der Waals surface area contributed by atoms with Gasteiger partial charge in [-0.05, 0) is 35.4 Å². The van der Waals surface area contributed by atoms with Gasteiger partial charge in [-0.1, -0.05) is 37.3 Å². The van der Waals surface area contributed by atoms with Crippen LogP contribution in [0.4, 0.5) is 0 Å². The highest BCUT2D eigenvalue weighted by Gasteiger charge is 2.21. The predicted molar refractivity (Wildman–Crippen MR) is 97.5 cm³/mol. The number of aromatic nitrogens is 4. The van der Waals surface area contributed by atoms with E-state index < -0.39 is 12.0 Å². The molecule has 0 aliphatic carbocycles. The first-order valence-electron chi connectivity index (χ1n) is 8.49. The molecule has 0 saturated heterocycles. The van der Waals surface area contributed by atoms with Gasteiger partial charge in [0.2, 0.25) is 5.82 Å². The van der Waals surface area contributed by atoms with Crippen LogP contribution in [0.15, 0.2) is 48.5 Å². The highest BCUT2D eigenvalue weighted by atomic mass is 16.5. The Balaban J connectivity index is 1.80. The molecule has 2 aromatic carbocycles. The van der Waals surface area contributed by atoms with Gasteiger partial charge in [0.1, 0.15) is 6.61 Å². The molecule has 8 heteroatoms. The van der Waals surface area contributed by atoms with Crippen molar-refractivity contribution in [1.82, 2.24) is 20.2 Å². The average molecular weight is 368 g/mol. The summed E-state index contributed by atoms with van der Waals surface area (Å²) in [6.45, 7) is 2.17. The monoisotopic (exact) mass is 368 g/mol. The molecule has 0 aliphatic rings. The van der Waals surface area contributed by atoms with Crippen LogP contribution >= 0.6 is 0 Å². The van der Waals surface area contributed by atoms with E-state index in [-0.39, 0.29) is 0 Å². The van der Waals surface area contributed by atoms with Crippen molar-refractivity contribution in [2.75, 3.05) is 7.11 Å². The summed E-state index contributed by atoms with van der Waals surface area (Å²) >= 11 is 0. The lowest BCUT2D eigenvalue weighted by molar-refractivity contribution is -0.141. The van der Waals surface area contributed by atoms with Crippen molar-refractivity contribution in [1.29, 1.82) is 0 Å². The van der Waals surface area contributed by atoms with Crippen molar-refractivity contribution in [2.24, 2.45) is 0 Å². The molecule has 140 valence electrons. The van der Waals surface area contributed by atoms with Gasteiger partial charge in [-0.3, -0.25) is 0 Å². The lowest BCUT2D eigenvalue weighted by Crippen LogP contribution is -2.20. The maximum Gasteiger partial charge on any atom is 0.330 e. The number of hydrogen-bond donors (Lipinski definition) is 1. The molecule has 3 rings (SSSR count). The fourth-order valence-corrected chi connectivity index (χ4v) is 2.57. The minimum absolute atomic E-state index is 0.322. The van der Waals surface area contributed by atoms with E-state index in [9.17, 15) is 9.90 Å². The van der Waals surface area contributed by atoms with Crippen molar-refractivity contribution in [3.8, 4) is 22.9 Å². The second-order valence-corrected chi connectivity index (χ2v) is 5.84. The fraction of sp³-hybridized carbons (Fsp3) is 0.263. The van der Waals surface area contributed by atoms with Crippen molar-refractivity contribution in [2.45, 2.75) is 26.0 Å². The zero-order valence-electron chi connectivity index (χ0n) is 15.1. The Hall–Kier alpha value is -3.42. The molecular weight excluding hydrogens is 348 g/mol. The molecule has 1 atom stereocenters. The number of carboxylic acid groups (broad SMARTS) is 1. The Bertz CT molecular complexity index is 911. The first-order chi connectivity index (χ1) is 13.1. The van der Waals surface area contributed by atoms with E-state index in [0.717, 1.165) is 10.4 Å². The fourth-order valence-electron chi connectivity index (χ4n) is 2.57. The van der Waals surface area contributed by atoms with E-state index in [1.165, 1.54) is 0 Å². The Kier molecular flexibility index (Phi) is 5.65. The highest BCUT2D eigenvalue weighted by molar-refractivity contribution is 5.71. The van der Waals surface area contributed by atoms with Crippen LogP contribution in [0.2, 0.25) is 0 Å². The molecule has 0 fully saturated rings. The van der Waals surface area contributed by atoms with Crippen LogP contribution in [-0.4, -0.2) is 38.4 Å². The third-order valence-electron chi connectivity index (χ3n) is 4.04. The highest BCUT2D eigenvalue weighted by Crippen LogP contribution is 2.32. The van der Waals surface area contributed by atoms with Crippen LogP contribution in [0.5, 0.6) is 11.5 Å². The maximum atomic E-state index is 11.2. The molecule has 0 spiro atoms. The van der Waals surface area contributed by atoms with Gasteiger partial charge in [-0.25, -0.2) is 4.79 Å². The summed E-state index contributed by atoms with van der Waals surface area (Å²) in [7, 11) is 1.55. The van der Waals surface area contributed by atoms with E-state index in [1.54, 1.807) is 32.2 Å². The summed E-state index contributed by atoms with van der Waals surface area (Å²) < 4.78 is 11.2. The van der Waals surface area contributed by atoms with Crippen molar-refractivity contribution in [3.05, 3.63) is 54.1 Å². The molecule has 27 heavy (non-hydrogen) atoms. The van der Waals surface area contributed by atoms with E-state index in [1.807, 2.05) is 30.3 Å². The molecule has 1 unspecified atom stereocenters. The number of aliphatic carboxylic acids is 1. The van der Waals surface area contributed by atoms with E-state index in [2.05, 4.69) is 15.4 Å². The van der Waals surface area contributed by atoms with Crippen LogP contribution in [0, 0.1) is 0 Å². The van der Waals surface area contributed by atoms with Gasteiger partial charge in [0.25, 0.3) is 0 Å². The minimum atomic E-state index is -0.997. The molecule has 8 nitrogen and oxygen atoms in total. The summed E-state index contributed by atoms with van der Waals surface area (Å²) in [6, 6.07) is 14.3. The summed E-state index contributed by atoms with van der Waals surface area (Å²) in [5.74, 6) is 0.450. The Morgan fingerprint density at radius 3 is 2.63 bits per heavy atom. The predicted octanol–water partition coefficient (Wildman–Crippen LogP) is 2.96. The minimum Gasteiger partial charge on any atom is -0.493 e. The van der Waals surface area contributed by atoms with E-state index >= 15 is 0 Å². The number of rotatable bonds is 8. The maximum absolute atomic E-state index is 11.2. The average Bonchev–Trinajstić information content (AvgIpc) is 3.17. The van der Waals surface area contributed by atoms with Crippen LogP contribution in [0.3, 0.4) is 0 Å². The number of benzene rings is 2. The van der Waals surface area contributed by atoms with Crippen LogP contribution < -0.4 is 9.47 Å². The van der Waals surface area contributed by atoms with Crippen LogP contribution in [0.25, 0.3) is 11.4 Å². The molecule has 0 saturated carbocycles. The quantitative estimate of drug-likeness (QED) is 0.652. The van der Waals surface area contributed by atoms with Crippen LogP contribution in [0.1, 0.15) is 24.9 Å². The zero-order chi connectivity index (χ0) is 19.2. The van der Waals surface area contributed by atoms with Gasteiger partial charge in [-0.15, -0.1) is 15.0 Å². The van der Waals surface area contributed by atoms with Gasteiger partial charge in [0.05, 0.1) is 7.11 Å². The topological polar surface area (TPSA) is 99.4 Å². The first-order valence-corrected chi connectivity index (χ1v) is 8.49. The number of carbonyl (C=O) groups is 1. The number of tetrazole rings is 1. The zero-order valence-corrected chi connectivity index (χ0v) is 15.1. The van der Waals surface area contributed by atoms with Gasteiger partial charge in [0, 0.05) is 5.56 Å². The van der Waals surface area contributed by atoms with Gasteiger partial charge in [0.15, 0.2) is 17.5 Å². The molecule has 0 radical (unpaired) electrons. The third-order valence-corrected chi connectivity index (χ3v) is 4.04. The number of hydrogen-bond acceptors (Lipinski definition) is 6. The lowest BCUT2D eigenvalue weighted by Gasteiger charge is -2.11. The largest absolute Gasteiger partial charge is 0.493 e. The van der Waals surface area contributed by atoms with Gasteiger partial charge < -0.3 is 14.6 Å². The summed E-state index contributed by atoms with van der Waals surface area (Å²) in [4.78, 5) is 12.4. The molecule has 1 N–H and O–H groups in total. The SMILES string of the molecule is CCC(C(=O)O)n1nnc(-c2ccc(OCc3ccccc3)c(OC)c2)n1. The first kappa shape index (κ1) is 18.4. The second-order valence-electron chi connectivity index (χ2n) is 5.84. The molecule has 3 aromatic rings. The van der Waals surface area contributed by atoms with Crippen LogP contribution in [-0.2, 0) is 11.4 Å². The van der Waals surface area contributed by atoms with Crippen molar-refractivity contribution in [3.63, 3.8) is 0 Å². The Labute approximate surface area is 156 Å². The molecule has 0 amide bonds. The van der Waals surface area contributed by atoms with Crippen molar-refractivity contribution >= 4 is 5.97 Å². The smallest absolute Gasteiger partial charge is 0.330 e. The molecule has 0 aliphatic heterocycles. The molecule has 1 aromatic heterocycles. The lowest BCUT2D eigenvalue weighted by atomic mass is 10.2.